The van der Waals surface area contributed by atoms with Gasteiger partial charge in [0.15, 0.2) is 0 Å². The van der Waals surface area contributed by atoms with Crippen molar-refractivity contribution in [2.75, 3.05) is 5.32 Å². The molecule has 0 atom stereocenters. The minimum absolute atomic E-state index is 0.00959. The molecule has 1 heterocycles. The third-order valence-corrected chi connectivity index (χ3v) is 5.23. The Morgan fingerprint density at radius 3 is 2.58 bits per heavy atom. The third-order valence-electron chi connectivity index (χ3n) is 4.90. The van der Waals surface area contributed by atoms with Crippen LogP contribution < -0.4 is 15.8 Å². The number of halogens is 4. The lowest BCUT2D eigenvalue weighted by atomic mass is 10.1. The van der Waals surface area contributed by atoms with Crippen LogP contribution in [0.3, 0.4) is 0 Å². The molecule has 4 rings (SSSR count). The first-order valence-electron chi connectivity index (χ1n) is 9.79. The standard InChI is InChI=1S/C24H17ClF3N3O2/c25-20-8-7-14(13-29)11-19(20)22(32)31-21-6-2-5-18-17(21)9-10-30-23(18)33-16-4-1-3-15(12-16)24(26,27)28/h1-12H,13,29H2,(H,31,32). The van der Waals surface area contributed by atoms with E-state index in [0.29, 0.717) is 16.5 Å². The maximum atomic E-state index is 13.0. The number of ether oxygens (including phenoxy) is 1. The summed E-state index contributed by atoms with van der Waals surface area (Å²) in [5.74, 6) is -0.337. The van der Waals surface area contributed by atoms with Crippen LogP contribution in [0.1, 0.15) is 21.5 Å². The molecule has 0 saturated carbocycles. The van der Waals surface area contributed by atoms with E-state index in [4.69, 9.17) is 22.1 Å². The monoisotopic (exact) mass is 471 g/mol. The van der Waals surface area contributed by atoms with Gasteiger partial charge in [0.2, 0.25) is 5.88 Å². The third kappa shape index (κ3) is 4.92. The quantitative estimate of drug-likeness (QED) is 0.352. The van der Waals surface area contributed by atoms with E-state index < -0.39 is 17.6 Å². The molecule has 0 spiro atoms. The van der Waals surface area contributed by atoms with Crippen molar-refractivity contribution in [1.29, 1.82) is 0 Å². The molecule has 1 aromatic heterocycles. The zero-order valence-electron chi connectivity index (χ0n) is 17.0. The van der Waals surface area contributed by atoms with Crippen molar-refractivity contribution in [3.8, 4) is 11.6 Å². The largest absolute Gasteiger partial charge is 0.438 e. The van der Waals surface area contributed by atoms with Crippen LogP contribution >= 0.6 is 11.6 Å². The highest BCUT2D eigenvalue weighted by molar-refractivity contribution is 6.34. The predicted molar refractivity (Wildman–Crippen MR) is 121 cm³/mol. The molecule has 0 aliphatic rings. The first kappa shape index (κ1) is 22.6. The number of hydrogen-bond donors (Lipinski definition) is 2. The molecule has 0 aliphatic heterocycles. The van der Waals surface area contributed by atoms with Gasteiger partial charge in [-0.05, 0) is 54.1 Å². The maximum Gasteiger partial charge on any atom is 0.416 e. The summed E-state index contributed by atoms with van der Waals surface area (Å²) in [6, 6.07) is 16.2. The average Bonchev–Trinajstić information content (AvgIpc) is 2.79. The Morgan fingerprint density at radius 2 is 1.82 bits per heavy atom. The van der Waals surface area contributed by atoms with Crippen LogP contribution in [0.2, 0.25) is 5.02 Å². The molecule has 0 fully saturated rings. The number of rotatable bonds is 5. The summed E-state index contributed by atoms with van der Waals surface area (Å²) in [4.78, 5) is 17.0. The van der Waals surface area contributed by atoms with Crippen molar-refractivity contribution in [1.82, 2.24) is 4.98 Å². The average molecular weight is 472 g/mol. The van der Waals surface area contributed by atoms with Crippen molar-refractivity contribution in [3.05, 3.63) is 94.6 Å². The highest BCUT2D eigenvalue weighted by Gasteiger charge is 2.30. The van der Waals surface area contributed by atoms with Gasteiger partial charge < -0.3 is 15.8 Å². The van der Waals surface area contributed by atoms with Gasteiger partial charge in [-0.15, -0.1) is 0 Å². The number of benzene rings is 3. The van der Waals surface area contributed by atoms with Crippen LogP contribution in [-0.4, -0.2) is 10.9 Å². The fraction of sp³-hybridized carbons (Fsp3) is 0.0833. The smallest absolute Gasteiger partial charge is 0.416 e. The molecule has 0 aliphatic carbocycles. The number of carbonyl (C=O) groups is 1. The molecule has 3 N–H and O–H groups in total. The summed E-state index contributed by atoms with van der Waals surface area (Å²) in [7, 11) is 0. The molecular weight excluding hydrogens is 455 g/mol. The van der Waals surface area contributed by atoms with Gasteiger partial charge in [-0.1, -0.05) is 29.8 Å². The lowest BCUT2D eigenvalue weighted by Gasteiger charge is -2.13. The molecule has 0 unspecified atom stereocenters. The topological polar surface area (TPSA) is 77.2 Å². The summed E-state index contributed by atoms with van der Waals surface area (Å²) < 4.78 is 44.7. The first-order valence-corrected chi connectivity index (χ1v) is 10.2. The Labute approximate surface area is 192 Å². The molecule has 1 amide bonds. The Kier molecular flexibility index (Phi) is 6.22. The van der Waals surface area contributed by atoms with Crippen LogP contribution in [0, 0.1) is 0 Å². The Balaban J connectivity index is 1.67. The van der Waals surface area contributed by atoms with E-state index in [2.05, 4.69) is 10.3 Å². The predicted octanol–water partition coefficient (Wildman–Crippen LogP) is 6.41. The number of pyridine rings is 1. The lowest BCUT2D eigenvalue weighted by molar-refractivity contribution is -0.137. The number of carbonyl (C=O) groups excluding carboxylic acids is 1. The zero-order valence-corrected chi connectivity index (χ0v) is 17.7. The van der Waals surface area contributed by atoms with Gasteiger partial charge in [0.05, 0.1) is 16.1 Å². The summed E-state index contributed by atoms with van der Waals surface area (Å²) in [5.41, 5.74) is 6.31. The van der Waals surface area contributed by atoms with E-state index in [9.17, 15) is 18.0 Å². The summed E-state index contributed by atoms with van der Waals surface area (Å²) in [6.45, 7) is 0.258. The van der Waals surface area contributed by atoms with E-state index in [1.54, 1.807) is 42.5 Å². The summed E-state index contributed by atoms with van der Waals surface area (Å²) in [6.07, 6.45) is -3.05. The number of hydrogen-bond acceptors (Lipinski definition) is 4. The van der Waals surface area contributed by atoms with Gasteiger partial charge in [0.1, 0.15) is 5.75 Å². The van der Waals surface area contributed by atoms with E-state index in [1.807, 2.05) is 0 Å². The zero-order chi connectivity index (χ0) is 23.6. The van der Waals surface area contributed by atoms with Gasteiger partial charge in [-0.2, -0.15) is 13.2 Å². The normalized spacial score (nSPS) is 11.4. The fourth-order valence-electron chi connectivity index (χ4n) is 3.28. The molecule has 4 aromatic rings. The second kappa shape index (κ2) is 9.09. The molecule has 168 valence electrons. The Morgan fingerprint density at radius 1 is 1.03 bits per heavy atom. The van der Waals surface area contributed by atoms with Crippen molar-refractivity contribution >= 4 is 34.0 Å². The number of anilines is 1. The van der Waals surface area contributed by atoms with Crippen molar-refractivity contribution < 1.29 is 22.7 Å². The van der Waals surface area contributed by atoms with Gasteiger partial charge in [-0.3, -0.25) is 4.79 Å². The molecule has 33 heavy (non-hydrogen) atoms. The number of amides is 1. The highest BCUT2D eigenvalue weighted by Crippen LogP contribution is 2.35. The van der Waals surface area contributed by atoms with E-state index in [1.165, 1.54) is 18.3 Å². The fourth-order valence-corrected chi connectivity index (χ4v) is 3.48. The van der Waals surface area contributed by atoms with Gasteiger partial charge in [0.25, 0.3) is 5.91 Å². The van der Waals surface area contributed by atoms with Gasteiger partial charge >= 0.3 is 6.18 Å². The van der Waals surface area contributed by atoms with Crippen LogP contribution in [0.4, 0.5) is 18.9 Å². The molecule has 9 heteroatoms. The van der Waals surface area contributed by atoms with Crippen molar-refractivity contribution in [2.24, 2.45) is 5.73 Å². The van der Waals surface area contributed by atoms with E-state index in [-0.39, 0.29) is 28.8 Å². The van der Waals surface area contributed by atoms with Crippen LogP contribution in [0.15, 0.2) is 72.9 Å². The Bertz CT molecular complexity index is 1340. The van der Waals surface area contributed by atoms with E-state index >= 15 is 0 Å². The summed E-state index contributed by atoms with van der Waals surface area (Å²) >= 11 is 6.18. The lowest BCUT2D eigenvalue weighted by Crippen LogP contribution is -2.13. The van der Waals surface area contributed by atoms with Crippen LogP contribution in [-0.2, 0) is 12.7 Å². The van der Waals surface area contributed by atoms with E-state index in [0.717, 1.165) is 17.7 Å². The molecular formula is C24H17ClF3N3O2. The van der Waals surface area contributed by atoms with Crippen molar-refractivity contribution in [3.63, 3.8) is 0 Å². The number of nitrogens with zero attached hydrogens (tertiary/aromatic N) is 1. The maximum absolute atomic E-state index is 13.0. The Hall–Kier alpha value is -3.62. The van der Waals surface area contributed by atoms with Gasteiger partial charge in [-0.25, -0.2) is 4.98 Å². The second-order valence-electron chi connectivity index (χ2n) is 7.12. The molecule has 3 aromatic carbocycles. The second-order valence-corrected chi connectivity index (χ2v) is 7.52. The highest BCUT2D eigenvalue weighted by atomic mass is 35.5. The minimum Gasteiger partial charge on any atom is -0.438 e. The number of fused-ring (bicyclic) bond motifs is 1. The number of alkyl halides is 3. The molecule has 0 bridgehead atoms. The van der Waals surface area contributed by atoms with Crippen LogP contribution in [0.25, 0.3) is 10.8 Å². The minimum atomic E-state index is -4.49. The van der Waals surface area contributed by atoms with Crippen LogP contribution in [0.5, 0.6) is 11.6 Å². The van der Waals surface area contributed by atoms with Crippen molar-refractivity contribution in [2.45, 2.75) is 12.7 Å². The van der Waals surface area contributed by atoms with Gasteiger partial charge in [0, 0.05) is 29.2 Å². The number of nitrogens with two attached hydrogens (primary N) is 1. The molecule has 0 saturated heterocycles. The first-order chi connectivity index (χ1) is 15.8. The SMILES string of the molecule is NCc1ccc(Cl)c(C(=O)Nc2cccc3c(Oc4cccc(C(F)(F)F)c4)nccc23)c1. The molecule has 0 radical (unpaired) electrons. The summed E-state index contributed by atoms with van der Waals surface area (Å²) in [5, 5.41) is 4.20. The number of aromatic nitrogens is 1. The molecule has 5 nitrogen and oxygen atoms in total. The number of nitrogens with one attached hydrogen (secondary N) is 1.